The molecule has 0 aliphatic heterocycles. The maximum atomic E-state index is 11.9. The van der Waals surface area contributed by atoms with Gasteiger partial charge in [0.2, 0.25) is 0 Å². The molecule has 0 saturated carbocycles. The number of nitrogens with zero attached hydrogens (tertiary/aromatic N) is 4. The molecule has 0 spiro atoms. The van der Waals surface area contributed by atoms with Crippen LogP contribution in [0.5, 0.6) is 0 Å². The van der Waals surface area contributed by atoms with Gasteiger partial charge in [0.1, 0.15) is 5.82 Å². The van der Waals surface area contributed by atoms with E-state index in [1.165, 1.54) is 16.8 Å². The molecule has 2 N–H and O–H groups in total. The Hall–Kier alpha value is -3.68. The average molecular weight is 362 g/mol. The number of nitrogens with one attached hydrogen (secondary N) is 2. The molecule has 0 aliphatic carbocycles. The van der Waals surface area contributed by atoms with Crippen LogP contribution in [0.4, 0.5) is 0 Å². The molecular formula is C19H18N6O2. The minimum Gasteiger partial charge on any atom is -0.341 e. The summed E-state index contributed by atoms with van der Waals surface area (Å²) in [5, 5.41) is 2.54. The van der Waals surface area contributed by atoms with Gasteiger partial charge in [0.25, 0.3) is 11.1 Å². The monoisotopic (exact) mass is 362 g/mol. The van der Waals surface area contributed by atoms with Gasteiger partial charge in [0, 0.05) is 24.2 Å². The van der Waals surface area contributed by atoms with Gasteiger partial charge in [0.05, 0.1) is 36.2 Å². The molecule has 0 radical (unpaired) electrons. The summed E-state index contributed by atoms with van der Waals surface area (Å²) in [5.41, 5.74) is 2.98. The van der Waals surface area contributed by atoms with Crippen LogP contribution >= 0.6 is 0 Å². The summed E-state index contributed by atoms with van der Waals surface area (Å²) >= 11 is 0. The average Bonchev–Trinajstić information content (AvgIpc) is 3.29. The van der Waals surface area contributed by atoms with Gasteiger partial charge in [-0.2, -0.15) is 0 Å². The van der Waals surface area contributed by atoms with Crippen LogP contribution in [0.3, 0.4) is 0 Å². The van der Waals surface area contributed by atoms with Gasteiger partial charge in [-0.3, -0.25) is 14.7 Å². The highest BCUT2D eigenvalue weighted by molar-refractivity contribution is 5.76. The van der Waals surface area contributed by atoms with Crippen molar-refractivity contribution in [2.75, 3.05) is 0 Å². The second kappa shape index (κ2) is 6.91. The third-order valence-corrected chi connectivity index (χ3v) is 4.30. The molecule has 1 aromatic carbocycles. The summed E-state index contributed by atoms with van der Waals surface area (Å²) in [5.74, 6) is 0.806. The summed E-state index contributed by atoms with van der Waals surface area (Å²) in [7, 11) is 0. The lowest BCUT2D eigenvalue weighted by Crippen LogP contribution is -2.29. The first kappa shape index (κ1) is 16.8. The number of aromatic amines is 2. The lowest BCUT2D eigenvalue weighted by Gasteiger charge is -2.10. The smallest absolute Gasteiger partial charge is 0.265 e. The summed E-state index contributed by atoms with van der Waals surface area (Å²) in [6.45, 7) is 2.67. The van der Waals surface area contributed by atoms with Gasteiger partial charge in [-0.25, -0.2) is 14.6 Å². The minimum absolute atomic E-state index is 0.253. The van der Waals surface area contributed by atoms with E-state index in [-0.39, 0.29) is 11.1 Å². The third-order valence-electron chi connectivity index (χ3n) is 4.30. The number of rotatable bonds is 5. The Morgan fingerprint density at radius 3 is 2.56 bits per heavy atom. The van der Waals surface area contributed by atoms with E-state index in [0.29, 0.717) is 13.1 Å². The molecule has 0 fully saturated rings. The van der Waals surface area contributed by atoms with Crippen molar-refractivity contribution in [2.45, 2.75) is 20.0 Å². The third kappa shape index (κ3) is 3.37. The molecule has 27 heavy (non-hydrogen) atoms. The van der Waals surface area contributed by atoms with Crippen LogP contribution < -0.4 is 11.1 Å². The zero-order valence-corrected chi connectivity index (χ0v) is 14.7. The fourth-order valence-corrected chi connectivity index (χ4v) is 3.02. The molecule has 0 aliphatic rings. The number of benzene rings is 1. The van der Waals surface area contributed by atoms with Crippen molar-refractivity contribution in [2.24, 2.45) is 0 Å². The highest BCUT2D eigenvalue weighted by Crippen LogP contribution is 2.30. The maximum absolute atomic E-state index is 11.9. The van der Waals surface area contributed by atoms with E-state index < -0.39 is 0 Å². The van der Waals surface area contributed by atoms with Gasteiger partial charge >= 0.3 is 0 Å². The number of H-pyrrole nitrogens is 2. The van der Waals surface area contributed by atoms with Crippen molar-refractivity contribution in [3.63, 3.8) is 0 Å². The topological polar surface area (TPSA) is 101 Å². The van der Waals surface area contributed by atoms with E-state index in [9.17, 15) is 9.59 Å². The SMILES string of the molecule is Cc1ncc(-c2c(-c3ccccc3)ncn2CCn2[nH]c(=O)ccc2=O)[nH]1. The van der Waals surface area contributed by atoms with Gasteiger partial charge < -0.3 is 9.55 Å². The van der Waals surface area contributed by atoms with E-state index >= 15 is 0 Å². The van der Waals surface area contributed by atoms with E-state index in [1.807, 2.05) is 41.8 Å². The Labute approximate surface area is 154 Å². The van der Waals surface area contributed by atoms with Gasteiger partial charge in [-0.05, 0) is 6.92 Å². The van der Waals surface area contributed by atoms with E-state index in [2.05, 4.69) is 20.1 Å². The zero-order chi connectivity index (χ0) is 18.8. The molecule has 0 amide bonds. The van der Waals surface area contributed by atoms with Crippen LogP contribution in [0, 0.1) is 6.92 Å². The highest BCUT2D eigenvalue weighted by atomic mass is 16.1. The Morgan fingerprint density at radius 1 is 1.00 bits per heavy atom. The van der Waals surface area contributed by atoms with Crippen LogP contribution in [0.25, 0.3) is 22.6 Å². The van der Waals surface area contributed by atoms with Crippen LogP contribution in [0.15, 0.2) is 64.6 Å². The molecule has 8 nitrogen and oxygen atoms in total. The first-order valence-corrected chi connectivity index (χ1v) is 8.54. The fourth-order valence-electron chi connectivity index (χ4n) is 3.02. The molecule has 8 heteroatoms. The Bertz CT molecular complexity index is 1180. The summed E-state index contributed by atoms with van der Waals surface area (Å²) < 4.78 is 3.25. The molecule has 4 rings (SSSR count). The Kier molecular flexibility index (Phi) is 4.29. The Balaban J connectivity index is 1.74. The number of hydrogen-bond acceptors (Lipinski definition) is 4. The van der Waals surface area contributed by atoms with Gasteiger partial charge in [-0.1, -0.05) is 30.3 Å². The molecular weight excluding hydrogens is 344 g/mol. The normalized spacial score (nSPS) is 11.0. The standard InChI is InChI=1S/C19H18N6O2/c1-13-20-11-15(22-13)19-18(14-5-3-2-4-6-14)21-12-24(19)9-10-25-17(27)8-7-16(26)23-25/h2-8,11-12H,9-10H2,1H3,(H,20,22)(H,23,26). The molecule has 3 aromatic heterocycles. The number of aryl methyl sites for hydroxylation is 3. The van der Waals surface area contributed by atoms with Crippen molar-refractivity contribution in [3.05, 3.63) is 81.5 Å². The van der Waals surface area contributed by atoms with Crippen molar-refractivity contribution in [1.82, 2.24) is 29.3 Å². The van der Waals surface area contributed by atoms with Crippen molar-refractivity contribution in [3.8, 4) is 22.6 Å². The summed E-state index contributed by atoms with van der Waals surface area (Å²) in [6.07, 6.45) is 3.51. The number of hydrogen-bond donors (Lipinski definition) is 2. The summed E-state index contributed by atoms with van der Waals surface area (Å²) in [6, 6.07) is 12.4. The lowest BCUT2D eigenvalue weighted by molar-refractivity contribution is 0.507. The minimum atomic E-state index is -0.311. The van der Waals surface area contributed by atoms with Crippen molar-refractivity contribution >= 4 is 0 Å². The predicted octanol–water partition coefficient (Wildman–Crippen LogP) is 1.80. The Morgan fingerprint density at radius 2 is 1.81 bits per heavy atom. The van der Waals surface area contributed by atoms with Crippen LogP contribution in [0.1, 0.15) is 5.82 Å². The molecule has 136 valence electrons. The van der Waals surface area contributed by atoms with Gasteiger partial charge in [-0.15, -0.1) is 0 Å². The highest BCUT2D eigenvalue weighted by Gasteiger charge is 2.16. The molecule has 0 atom stereocenters. The van der Waals surface area contributed by atoms with Crippen molar-refractivity contribution in [1.29, 1.82) is 0 Å². The quantitative estimate of drug-likeness (QED) is 0.565. The van der Waals surface area contributed by atoms with Gasteiger partial charge in [0.15, 0.2) is 0 Å². The predicted molar refractivity (Wildman–Crippen MR) is 101 cm³/mol. The first-order chi connectivity index (χ1) is 13.1. The molecule has 0 saturated heterocycles. The van der Waals surface area contributed by atoms with Crippen molar-refractivity contribution < 1.29 is 0 Å². The fraction of sp³-hybridized carbons (Fsp3) is 0.158. The lowest BCUT2D eigenvalue weighted by atomic mass is 10.1. The number of imidazole rings is 2. The van der Waals surface area contributed by atoms with E-state index in [0.717, 1.165) is 28.5 Å². The molecule has 0 unspecified atom stereocenters. The second-order valence-electron chi connectivity index (χ2n) is 6.18. The summed E-state index contributed by atoms with van der Waals surface area (Å²) in [4.78, 5) is 35.5. The van der Waals surface area contributed by atoms with E-state index in [1.54, 1.807) is 12.5 Å². The maximum Gasteiger partial charge on any atom is 0.265 e. The first-order valence-electron chi connectivity index (χ1n) is 8.54. The van der Waals surface area contributed by atoms with E-state index in [4.69, 9.17) is 0 Å². The largest absolute Gasteiger partial charge is 0.341 e. The number of aromatic nitrogens is 6. The molecule has 4 aromatic rings. The van der Waals surface area contributed by atoms with Crippen LogP contribution in [-0.4, -0.2) is 29.3 Å². The molecule has 3 heterocycles. The second-order valence-corrected chi connectivity index (χ2v) is 6.18. The zero-order valence-electron chi connectivity index (χ0n) is 14.7. The van der Waals surface area contributed by atoms with Crippen LogP contribution in [0.2, 0.25) is 0 Å². The molecule has 0 bridgehead atoms. The van der Waals surface area contributed by atoms with Crippen LogP contribution in [-0.2, 0) is 13.1 Å².